The van der Waals surface area contributed by atoms with E-state index in [0.717, 1.165) is 29.8 Å². The van der Waals surface area contributed by atoms with Gasteiger partial charge in [0.05, 0.1) is 5.52 Å². The first kappa shape index (κ1) is 11.7. The smallest absolute Gasteiger partial charge is 0.175 e. The lowest BCUT2D eigenvalue weighted by Gasteiger charge is -2.32. The number of halogens is 1. The zero-order chi connectivity index (χ0) is 12.5. The largest absolute Gasteiger partial charge is 0.359 e. The van der Waals surface area contributed by atoms with E-state index in [2.05, 4.69) is 32.4 Å². The molecule has 0 aliphatic carbocycles. The number of fused-ring (bicyclic) bond motifs is 1. The van der Waals surface area contributed by atoms with Crippen molar-refractivity contribution >= 4 is 28.3 Å². The summed E-state index contributed by atoms with van der Waals surface area (Å²) in [7, 11) is 2.07. The molecule has 1 fully saturated rings. The molecule has 96 valence electrons. The molecule has 18 heavy (non-hydrogen) atoms. The molecule has 0 unspecified atom stereocenters. The zero-order valence-corrected chi connectivity index (χ0v) is 11.0. The van der Waals surface area contributed by atoms with Crippen molar-refractivity contribution in [3.05, 3.63) is 17.4 Å². The molecule has 2 N–H and O–H groups in total. The highest BCUT2D eigenvalue weighted by molar-refractivity contribution is 6.34. The second-order valence-corrected chi connectivity index (χ2v) is 5.05. The van der Waals surface area contributed by atoms with Crippen LogP contribution in [0.5, 0.6) is 0 Å². The number of anilines is 1. The van der Waals surface area contributed by atoms with Crippen molar-refractivity contribution in [2.45, 2.75) is 18.9 Å². The van der Waals surface area contributed by atoms with E-state index in [4.69, 9.17) is 11.6 Å². The quantitative estimate of drug-likeness (QED) is 0.869. The fourth-order valence-corrected chi connectivity index (χ4v) is 2.71. The molecule has 1 aliphatic heterocycles. The number of piperidine rings is 1. The topological polar surface area (TPSA) is 56.8 Å². The predicted molar refractivity (Wildman–Crippen MR) is 73.2 cm³/mol. The maximum Gasteiger partial charge on any atom is 0.175 e. The Kier molecular flexibility index (Phi) is 3.09. The van der Waals surface area contributed by atoms with Gasteiger partial charge < -0.3 is 15.2 Å². The van der Waals surface area contributed by atoms with Crippen molar-refractivity contribution in [1.82, 2.24) is 20.5 Å². The van der Waals surface area contributed by atoms with E-state index in [-0.39, 0.29) is 0 Å². The van der Waals surface area contributed by atoms with E-state index in [1.54, 1.807) is 0 Å². The Morgan fingerprint density at radius 1 is 1.44 bits per heavy atom. The number of likely N-dealkylation sites (N-methyl/N-ethyl adjacent to an activating group) is 1. The number of aromatic nitrogens is 3. The van der Waals surface area contributed by atoms with Crippen LogP contribution in [0.2, 0.25) is 5.15 Å². The van der Waals surface area contributed by atoms with E-state index in [1.165, 1.54) is 12.8 Å². The lowest BCUT2D eigenvalue weighted by Crippen LogP contribution is -2.44. The summed E-state index contributed by atoms with van der Waals surface area (Å²) in [5.74, 6) is 0.893. The number of rotatable bonds is 2. The molecular formula is C12H16ClN5. The molecule has 2 aromatic heterocycles. The SMILES string of the molecule is CN(c1nnc(Cl)c2[nH]ccc12)[C@@H]1CCCNC1. The summed E-state index contributed by atoms with van der Waals surface area (Å²) >= 11 is 6.03. The molecule has 0 amide bonds. The zero-order valence-electron chi connectivity index (χ0n) is 10.3. The number of H-pyrrole nitrogens is 1. The number of aromatic amines is 1. The van der Waals surface area contributed by atoms with Gasteiger partial charge in [0.15, 0.2) is 11.0 Å². The van der Waals surface area contributed by atoms with E-state index < -0.39 is 0 Å². The van der Waals surface area contributed by atoms with Gasteiger partial charge in [-0.25, -0.2) is 0 Å². The first-order valence-electron chi connectivity index (χ1n) is 6.20. The molecule has 3 heterocycles. The molecule has 1 aliphatic rings. The first-order valence-corrected chi connectivity index (χ1v) is 6.58. The standard InChI is InChI=1S/C12H16ClN5/c1-18(8-3-2-5-14-7-8)12-9-4-6-15-10(9)11(13)16-17-12/h4,6,8,14-15H,2-3,5,7H2,1H3/t8-/m1/s1. The number of hydrogen-bond donors (Lipinski definition) is 2. The van der Waals surface area contributed by atoms with Gasteiger partial charge in [-0.1, -0.05) is 11.6 Å². The summed E-state index contributed by atoms with van der Waals surface area (Å²) in [5, 5.41) is 13.1. The predicted octanol–water partition coefficient (Wildman–Crippen LogP) is 1.80. The van der Waals surface area contributed by atoms with Crippen LogP contribution in [0, 0.1) is 0 Å². The van der Waals surface area contributed by atoms with Gasteiger partial charge in [0, 0.05) is 31.2 Å². The summed E-state index contributed by atoms with van der Waals surface area (Å²) in [6, 6.07) is 2.46. The minimum absolute atomic E-state index is 0.425. The number of nitrogens with one attached hydrogen (secondary N) is 2. The van der Waals surface area contributed by atoms with Gasteiger partial charge in [-0.15, -0.1) is 10.2 Å². The summed E-state index contributed by atoms with van der Waals surface area (Å²) < 4.78 is 0. The van der Waals surface area contributed by atoms with Crippen LogP contribution in [0.3, 0.4) is 0 Å². The Hall–Kier alpha value is -1.33. The van der Waals surface area contributed by atoms with Crippen molar-refractivity contribution in [3.63, 3.8) is 0 Å². The van der Waals surface area contributed by atoms with Gasteiger partial charge in [0.1, 0.15) is 0 Å². The highest BCUT2D eigenvalue weighted by Gasteiger charge is 2.21. The molecule has 0 spiro atoms. The van der Waals surface area contributed by atoms with Gasteiger partial charge in [-0.3, -0.25) is 0 Å². The van der Waals surface area contributed by atoms with Crippen LogP contribution >= 0.6 is 11.6 Å². The monoisotopic (exact) mass is 265 g/mol. The van der Waals surface area contributed by atoms with E-state index >= 15 is 0 Å². The van der Waals surface area contributed by atoms with Crippen LogP contribution in [-0.2, 0) is 0 Å². The molecule has 5 nitrogen and oxygen atoms in total. The third-order valence-corrected chi connectivity index (χ3v) is 3.84. The van der Waals surface area contributed by atoms with Crippen LogP contribution in [0.1, 0.15) is 12.8 Å². The third kappa shape index (κ3) is 1.93. The lowest BCUT2D eigenvalue weighted by molar-refractivity contribution is 0.443. The second-order valence-electron chi connectivity index (χ2n) is 4.69. The van der Waals surface area contributed by atoms with Crippen LogP contribution < -0.4 is 10.2 Å². The van der Waals surface area contributed by atoms with Crippen molar-refractivity contribution in [2.24, 2.45) is 0 Å². The fourth-order valence-electron chi connectivity index (χ4n) is 2.52. The Labute approximate surface area is 111 Å². The van der Waals surface area contributed by atoms with Gasteiger partial charge in [0.2, 0.25) is 0 Å². The molecule has 0 radical (unpaired) electrons. The van der Waals surface area contributed by atoms with Crippen molar-refractivity contribution in [2.75, 3.05) is 25.0 Å². The summed E-state index contributed by atoms with van der Waals surface area (Å²) in [5.41, 5.74) is 0.859. The lowest BCUT2D eigenvalue weighted by atomic mass is 10.1. The van der Waals surface area contributed by atoms with Gasteiger partial charge in [-0.2, -0.15) is 0 Å². The maximum absolute atomic E-state index is 6.03. The minimum atomic E-state index is 0.425. The fraction of sp³-hybridized carbons (Fsp3) is 0.500. The van der Waals surface area contributed by atoms with Crippen molar-refractivity contribution in [1.29, 1.82) is 0 Å². The van der Waals surface area contributed by atoms with E-state index in [9.17, 15) is 0 Å². The van der Waals surface area contributed by atoms with Crippen molar-refractivity contribution in [3.8, 4) is 0 Å². The Morgan fingerprint density at radius 2 is 2.33 bits per heavy atom. The molecule has 0 aromatic carbocycles. The first-order chi connectivity index (χ1) is 8.77. The van der Waals surface area contributed by atoms with Crippen LogP contribution in [-0.4, -0.2) is 41.4 Å². The normalized spacial score (nSPS) is 20.2. The van der Waals surface area contributed by atoms with E-state index in [0.29, 0.717) is 11.2 Å². The average molecular weight is 266 g/mol. The molecular weight excluding hydrogens is 250 g/mol. The molecule has 0 bridgehead atoms. The number of hydrogen-bond acceptors (Lipinski definition) is 4. The van der Waals surface area contributed by atoms with Crippen LogP contribution in [0.15, 0.2) is 12.3 Å². The molecule has 3 rings (SSSR count). The maximum atomic E-state index is 6.03. The molecule has 2 aromatic rings. The second kappa shape index (κ2) is 4.74. The molecule has 1 saturated heterocycles. The van der Waals surface area contributed by atoms with Gasteiger partial charge >= 0.3 is 0 Å². The highest BCUT2D eigenvalue weighted by atomic mass is 35.5. The van der Waals surface area contributed by atoms with Crippen LogP contribution in [0.25, 0.3) is 10.9 Å². The summed E-state index contributed by atoms with van der Waals surface area (Å²) in [6.45, 7) is 2.10. The van der Waals surface area contributed by atoms with Crippen molar-refractivity contribution < 1.29 is 0 Å². The molecule has 0 saturated carbocycles. The Bertz CT molecular complexity index is 546. The number of nitrogens with zero attached hydrogens (tertiary/aromatic N) is 3. The van der Waals surface area contributed by atoms with Gasteiger partial charge in [-0.05, 0) is 25.5 Å². The summed E-state index contributed by atoms with van der Waals surface area (Å²) in [6.07, 6.45) is 4.25. The minimum Gasteiger partial charge on any atom is -0.359 e. The summed E-state index contributed by atoms with van der Waals surface area (Å²) in [4.78, 5) is 5.31. The molecule has 6 heteroatoms. The van der Waals surface area contributed by atoms with Gasteiger partial charge in [0.25, 0.3) is 0 Å². The molecule has 1 atom stereocenters. The average Bonchev–Trinajstić information content (AvgIpc) is 2.90. The van der Waals surface area contributed by atoms with Crippen LogP contribution in [0.4, 0.5) is 5.82 Å². The highest BCUT2D eigenvalue weighted by Crippen LogP contribution is 2.28. The van der Waals surface area contributed by atoms with E-state index in [1.807, 2.05) is 12.3 Å². The third-order valence-electron chi connectivity index (χ3n) is 3.58. The Balaban J connectivity index is 1.98. The Morgan fingerprint density at radius 3 is 3.11 bits per heavy atom.